The summed E-state index contributed by atoms with van der Waals surface area (Å²) in [7, 11) is 0. The number of amides is 3. The summed E-state index contributed by atoms with van der Waals surface area (Å²) in [6, 6.07) is 7.85. The Bertz CT molecular complexity index is 731. The number of nitrogens with zero attached hydrogens (tertiary/aromatic N) is 3. The molecule has 2 fully saturated rings. The molecule has 0 bridgehead atoms. The van der Waals surface area contributed by atoms with Crippen LogP contribution in [0.2, 0.25) is 0 Å². The molecule has 3 rings (SSSR count). The lowest BCUT2D eigenvalue weighted by molar-refractivity contribution is -0.157. The summed E-state index contributed by atoms with van der Waals surface area (Å²) in [5.41, 5.74) is 2.13. The monoisotopic (exact) mass is 400 g/mol. The van der Waals surface area contributed by atoms with Crippen molar-refractivity contribution >= 4 is 17.7 Å². The van der Waals surface area contributed by atoms with E-state index in [0.29, 0.717) is 26.2 Å². The molecule has 0 aliphatic carbocycles. The molecular weight excluding hydrogens is 368 g/mol. The highest BCUT2D eigenvalue weighted by atomic mass is 16.2. The van der Waals surface area contributed by atoms with Gasteiger partial charge in [-0.3, -0.25) is 14.4 Å². The summed E-state index contributed by atoms with van der Waals surface area (Å²) >= 11 is 0. The average Bonchev–Trinajstić information content (AvgIpc) is 2.73. The summed E-state index contributed by atoms with van der Waals surface area (Å²) in [6.07, 6.45) is 4.75. The van der Waals surface area contributed by atoms with Crippen LogP contribution in [0.4, 0.5) is 0 Å². The SMILES string of the molecule is Cc1ccccc1CN1CCN(CC(=O)NCCCN2CCCCC2)C(=O)C1=O. The molecule has 1 aromatic rings. The van der Waals surface area contributed by atoms with Gasteiger partial charge in [0.15, 0.2) is 0 Å². The van der Waals surface area contributed by atoms with Crippen molar-refractivity contribution in [3.05, 3.63) is 35.4 Å². The molecule has 0 atom stereocenters. The quantitative estimate of drug-likeness (QED) is 0.525. The van der Waals surface area contributed by atoms with Crippen LogP contribution in [0.1, 0.15) is 36.8 Å². The highest BCUT2D eigenvalue weighted by Crippen LogP contribution is 2.14. The van der Waals surface area contributed by atoms with Crippen LogP contribution in [0.5, 0.6) is 0 Å². The zero-order valence-electron chi connectivity index (χ0n) is 17.4. The van der Waals surface area contributed by atoms with Crippen LogP contribution in [0.15, 0.2) is 24.3 Å². The third kappa shape index (κ3) is 6.03. The van der Waals surface area contributed by atoms with Crippen molar-refractivity contribution in [2.75, 3.05) is 45.8 Å². The van der Waals surface area contributed by atoms with E-state index in [1.54, 1.807) is 4.90 Å². The highest BCUT2D eigenvalue weighted by molar-refractivity contribution is 6.35. The van der Waals surface area contributed by atoms with Crippen LogP contribution >= 0.6 is 0 Å². The van der Waals surface area contributed by atoms with E-state index < -0.39 is 11.8 Å². The number of aryl methyl sites for hydroxylation is 1. The third-order valence-electron chi connectivity index (χ3n) is 5.78. The Kier molecular flexibility index (Phi) is 7.63. The van der Waals surface area contributed by atoms with E-state index >= 15 is 0 Å². The number of hydrogen-bond donors (Lipinski definition) is 1. The lowest BCUT2D eigenvalue weighted by Gasteiger charge is -2.33. The van der Waals surface area contributed by atoms with Gasteiger partial charge in [0.1, 0.15) is 6.54 Å². The van der Waals surface area contributed by atoms with E-state index in [2.05, 4.69) is 10.2 Å². The first-order valence-electron chi connectivity index (χ1n) is 10.7. The number of carbonyl (C=O) groups excluding carboxylic acids is 3. The fraction of sp³-hybridized carbons (Fsp3) is 0.591. The van der Waals surface area contributed by atoms with Gasteiger partial charge in [-0.15, -0.1) is 0 Å². The number of nitrogens with one attached hydrogen (secondary N) is 1. The molecule has 7 nitrogen and oxygen atoms in total. The first-order valence-corrected chi connectivity index (χ1v) is 10.7. The van der Waals surface area contributed by atoms with Gasteiger partial charge in [0.25, 0.3) is 0 Å². The summed E-state index contributed by atoms with van der Waals surface area (Å²) in [4.78, 5) is 42.4. The van der Waals surface area contributed by atoms with Crippen LogP contribution in [-0.2, 0) is 20.9 Å². The molecule has 0 radical (unpaired) electrons. The normalized spacial score (nSPS) is 18.2. The van der Waals surface area contributed by atoms with Gasteiger partial charge in [-0.1, -0.05) is 30.7 Å². The van der Waals surface area contributed by atoms with E-state index in [0.717, 1.165) is 37.2 Å². The van der Waals surface area contributed by atoms with E-state index in [9.17, 15) is 14.4 Å². The molecule has 29 heavy (non-hydrogen) atoms. The molecule has 1 aromatic carbocycles. The summed E-state index contributed by atoms with van der Waals surface area (Å²) < 4.78 is 0. The first kappa shape index (κ1) is 21.3. The maximum atomic E-state index is 12.5. The minimum Gasteiger partial charge on any atom is -0.355 e. The molecule has 2 saturated heterocycles. The van der Waals surface area contributed by atoms with Gasteiger partial charge in [-0.25, -0.2) is 0 Å². The van der Waals surface area contributed by atoms with Crippen molar-refractivity contribution in [2.24, 2.45) is 0 Å². The number of hydrogen-bond acceptors (Lipinski definition) is 4. The maximum Gasteiger partial charge on any atom is 0.312 e. The van der Waals surface area contributed by atoms with E-state index in [-0.39, 0.29) is 12.5 Å². The molecule has 158 valence electrons. The van der Waals surface area contributed by atoms with E-state index in [1.165, 1.54) is 24.2 Å². The number of carbonyl (C=O) groups is 3. The lowest BCUT2D eigenvalue weighted by Crippen LogP contribution is -2.56. The molecule has 0 saturated carbocycles. The predicted molar refractivity (Wildman–Crippen MR) is 111 cm³/mol. The third-order valence-corrected chi connectivity index (χ3v) is 5.78. The molecule has 2 aliphatic rings. The van der Waals surface area contributed by atoms with E-state index in [1.807, 2.05) is 31.2 Å². The first-order chi connectivity index (χ1) is 14.0. The van der Waals surface area contributed by atoms with Crippen molar-refractivity contribution in [1.29, 1.82) is 0 Å². The number of benzene rings is 1. The Balaban J connectivity index is 1.39. The van der Waals surface area contributed by atoms with Gasteiger partial charge in [-0.05, 0) is 56.9 Å². The van der Waals surface area contributed by atoms with Gasteiger partial charge >= 0.3 is 11.8 Å². The summed E-state index contributed by atoms with van der Waals surface area (Å²) in [6.45, 7) is 7.10. The maximum absolute atomic E-state index is 12.5. The lowest BCUT2D eigenvalue weighted by atomic mass is 10.1. The Hall–Kier alpha value is -2.41. The van der Waals surface area contributed by atoms with Crippen molar-refractivity contribution < 1.29 is 14.4 Å². The fourth-order valence-corrected chi connectivity index (χ4v) is 3.95. The molecule has 0 unspecified atom stereocenters. The second-order valence-corrected chi connectivity index (χ2v) is 7.99. The molecule has 0 aromatic heterocycles. The van der Waals surface area contributed by atoms with Gasteiger partial charge in [0.2, 0.25) is 5.91 Å². The average molecular weight is 401 g/mol. The molecule has 2 aliphatic heterocycles. The van der Waals surface area contributed by atoms with Crippen LogP contribution in [0.25, 0.3) is 0 Å². The number of rotatable bonds is 8. The zero-order valence-corrected chi connectivity index (χ0v) is 17.4. The summed E-state index contributed by atoms with van der Waals surface area (Å²) in [5.74, 6) is -1.32. The van der Waals surface area contributed by atoms with Gasteiger partial charge in [0, 0.05) is 26.2 Å². The number of likely N-dealkylation sites (tertiary alicyclic amines) is 1. The minimum absolute atomic E-state index is 0.0491. The highest BCUT2D eigenvalue weighted by Gasteiger charge is 2.33. The molecule has 2 heterocycles. The topological polar surface area (TPSA) is 73.0 Å². The minimum atomic E-state index is -0.590. The second-order valence-electron chi connectivity index (χ2n) is 7.99. The van der Waals surface area contributed by atoms with Crippen molar-refractivity contribution in [3.8, 4) is 0 Å². The summed E-state index contributed by atoms with van der Waals surface area (Å²) in [5, 5.41) is 2.88. The standard InChI is InChI=1S/C22H32N4O3/c1-18-8-3-4-9-19(18)16-25-14-15-26(22(29)21(25)28)17-20(27)23-10-7-13-24-11-5-2-6-12-24/h3-4,8-9H,2,5-7,10-17H2,1H3,(H,23,27). The fourth-order valence-electron chi connectivity index (χ4n) is 3.95. The smallest absolute Gasteiger partial charge is 0.312 e. The van der Waals surface area contributed by atoms with Crippen molar-refractivity contribution in [2.45, 2.75) is 39.2 Å². The van der Waals surface area contributed by atoms with Gasteiger partial charge < -0.3 is 20.0 Å². The zero-order chi connectivity index (χ0) is 20.6. The number of piperidine rings is 1. The van der Waals surface area contributed by atoms with Gasteiger partial charge in [-0.2, -0.15) is 0 Å². The molecule has 1 N–H and O–H groups in total. The van der Waals surface area contributed by atoms with Crippen LogP contribution < -0.4 is 5.32 Å². The van der Waals surface area contributed by atoms with Crippen LogP contribution in [0.3, 0.4) is 0 Å². The van der Waals surface area contributed by atoms with Gasteiger partial charge in [0.05, 0.1) is 0 Å². The van der Waals surface area contributed by atoms with Crippen molar-refractivity contribution in [3.63, 3.8) is 0 Å². The second kappa shape index (κ2) is 10.4. The Morgan fingerprint density at radius 3 is 2.41 bits per heavy atom. The largest absolute Gasteiger partial charge is 0.355 e. The molecule has 7 heteroatoms. The molecule has 0 spiro atoms. The van der Waals surface area contributed by atoms with Crippen molar-refractivity contribution in [1.82, 2.24) is 20.0 Å². The van der Waals surface area contributed by atoms with E-state index in [4.69, 9.17) is 0 Å². The Morgan fingerprint density at radius 1 is 0.966 bits per heavy atom. The molecular formula is C22H32N4O3. The molecule has 3 amide bonds. The Morgan fingerprint density at radius 2 is 1.66 bits per heavy atom. The van der Waals surface area contributed by atoms with Crippen LogP contribution in [-0.4, -0.2) is 78.2 Å². The number of piperazine rings is 1. The predicted octanol–water partition coefficient (Wildman–Crippen LogP) is 1.16. The Labute approximate surface area is 173 Å². The van der Waals surface area contributed by atoms with Crippen LogP contribution in [0, 0.1) is 6.92 Å².